The van der Waals surface area contributed by atoms with Crippen molar-refractivity contribution >= 4 is 42.4 Å². The third-order valence-corrected chi connectivity index (χ3v) is 6.20. The molecule has 0 atom stereocenters. The molecule has 0 radical (unpaired) electrons. The largest absolute Gasteiger partial charge is 0.483 e. The van der Waals surface area contributed by atoms with E-state index in [1.165, 1.54) is 17.4 Å². The van der Waals surface area contributed by atoms with E-state index in [-0.39, 0.29) is 17.4 Å². The Labute approximate surface area is 162 Å². The molecular weight excluding hydrogens is 384 g/mol. The number of nitrogens with one attached hydrogen (secondary N) is 1. The Morgan fingerprint density at radius 3 is 2.63 bits per heavy atom. The van der Waals surface area contributed by atoms with Crippen LogP contribution in [0.25, 0.3) is 10.2 Å². The lowest BCUT2D eigenvalue weighted by atomic mass is 10.1. The summed E-state index contributed by atoms with van der Waals surface area (Å²) >= 11 is 1.22. The van der Waals surface area contributed by atoms with Gasteiger partial charge in [0.05, 0.1) is 15.1 Å². The molecule has 1 aromatic heterocycles. The summed E-state index contributed by atoms with van der Waals surface area (Å²) in [6, 6.07) is 8.67. The molecule has 1 heterocycles. The van der Waals surface area contributed by atoms with Crippen molar-refractivity contribution in [2.24, 2.45) is 0 Å². The number of sulfone groups is 1. The van der Waals surface area contributed by atoms with Crippen LogP contribution in [0.5, 0.6) is 5.75 Å². The van der Waals surface area contributed by atoms with Crippen LogP contribution in [-0.2, 0) is 14.6 Å². The summed E-state index contributed by atoms with van der Waals surface area (Å²) in [5.74, 6) is 0.362. The Kier molecular flexibility index (Phi) is 5.21. The number of rotatable bonds is 5. The van der Waals surface area contributed by atoms with E-state index >= 15 is 0 Å². The normalized spacial score (nSPS) is 11.6. The molecule has 3 aromatic rings. The topological polar surface area (TPSA) is 85.4 Å². The maximum absolute atomic E-state index is 12.2. The highest BCUT2D eigenvalue weighted by Crippen LogP contribution is 2.28. The second-order valence-electron chi connectivity index (χ2n) is 6.46. The van der Waals surface area contributed by atoms with Crippen molar-refractivity contribution < 1.29 is 17.9 Å². The predicted octanol–water partition coefficient (Wildman–Crippen LogP) is 3.64. The van der Waals surface area contributed by atoms with Crippen molar-refractivity contribution in [1.82, 2.24) is 4.98 Å². The molecule has 142 valence electrons. The van der Waals surface area contributed by atoms with Crippen LogP contribution >= 0.6 is 11.3 Å². The first kappa shape index (κ1) is 19.3. The Balaban J connectivity index is 1.71. The summed E-state index contributed by atoms with van der Waals surface area (Å²) in [6.07, 6.45) is 1.16. The highest BCUT2D eigenvalue weighted by molar-refractivity contribution is 7.90. The minimum absolute atomic E-state index is 0.131. The highest BCUT2D eigenvalue weighted by Gasteiger charge is 2.13. The summed E-state index contributed by atoms with van der Waals surface area (Å²) in [5, 5.41) is 3.11. The highest BCUT2D eigenvalue weighted by atomic mass is 32.2. The van der Waals surface area contributed by atoms with Crippen LogP contribution in [0.1, 0.15) is 16.7 Å². The molecule has 2 aromatic carbocycles. The van der Waals surface area contributed by atoms with Gasteiger partial charge in [0, 0.05) is 6.26 Å². The van der Waals surface area contributed by atoms with E-state index in [2.05, 4.69) is 16.4 Å². The Morgan fingerprint density at radius 1 is 1.19 bits per heavy atom. The molecule has 0 saturated carbocycles. The Bertz CT molecular complexity index is 1130. The van der Waals surface area contributed by atoms with Gasteiger partial charge >= 0.3 is 0 Å². The lowest BCUT2D eigenvalue weighted by Gasteiger charge is -2.11. The second-order valence-corrected chi connectivity index (χ2v) is 9.51. The average Bonchev–Trinajstić information content (AvgIpc) is 2.97. The van der Waals surface area contributed by atoms with Crippen LogP contribution in [0.3, 0.4) is 0 Å². The summed E-state index contributed by atoms with van der Waals surface area (Å²) in [6.45, 7) is 5.80. The van der Waals surface area contributed by atoms with Gasteiger partial charge in [0.2, 0.25) is 0 Å². The van der Waals surface area contributed by atoms with Crippen LogP contribution in [0, 0.1) is 20.8 Å². The van der Waals surface area contributed by atoms with E-state index < -0.39 is 9.84 Å². The van der Waals surface area contributed by atoms with Crippen LogP contribution in [0.4, 0.5) is 5.13 Å². The minimum Gasteiger partial charge on any atom is -0.483 e. The average molecular weight is 405 g/mol. The number of amides is 1. The van der Waals surface area contributed by atoms with E-state index in [4.69, 9.17) is 4.74 Å². The molecule has 0 spiro atoms. The number of anilines is 1. The number of fused-ring (bicyclic) bond motifs is 1. The molecule has 3 rings (SSSR count). The van der Waals surface area contributed by atoms with Gasteiger partial charge < -0.3 is 4.74 Å². The van der Waals surface area contributed by atoms with Gasteiger partial charge in [0.25, 0.3) is 5.91 Å². The second kappa shape index (κ2) is 7.28. The number of aryl methyl sites for hydroxylation is 2. The monoisotopic (exact) mass is 404 g/mol. The van der Waals surface area contributed by atoms with Gasteiger partial charge in [-0.05, 0) is 61.7 Å². The Morgan fingerprint density at radius 2 is 1.93 bits per heavy atom. The van der Waals surface area contributed by atoms with Crippen molar-refractivity contribution in [3.05, 3.63) is 47.0 Å². The zero-order chi connectivity index (χ0) is 19.8. The number of nitrogens with zero attached hydrogens (tertiary/aromatic N) is 1. The lowest BCUT2D eigenvalue weighted by Crippen LogP contribution is -2.20. The van der Waals surface area contributed by atoms with Crippen molar-refractivity contribution in [2.75, 3.05) is 18.2 Å². The van der Waals surface area contributed by atoms with Gasteiger partial charge in [-0.3, -0.25) is 10.1 Å². The van der Waals surface area contributed by atoms with Gasteiger partial charge in [-0.25, -0.2) is 13.4 Å². The molecule has 1 N–H and O–H groups in total. The van der Waals surface area contributed by atoms with Gasteiger partial charge in [0.1, 0.15) is 5.75 Å². The number of thiazole rings is 1. The fraction of sp³-hybridized carbons (Fsp3) is 0.263. The van der Waals surface area contributed by atoms with Crippen molar-refractivity contribution in [3.63, 3.8) is 0 Å². The standard InChI is InChI=1S/C19H20N2O4S2/c1-11-7-12(2)13(3)16(8-11)25-10-18(22)21-19-20-15-6-5-14(27(4,23)24)9-17(15)26-19/h5-9H,10H2,1-4H3,(H,20,21,22). The van der Waals surface area contributed by atoms with Crippen molar-refractivity contribution in [1.29, 1.82) is 0 Å². The summed E-state index contributed by atoms with van der Waals surface area (Å²) in [5.41, 5.74) is 3.81. The maximum atomic E-state index is 12.2. The fourth-order valence-corrected chi connectivity index (χ4v) is 4.28. The smallest absolute Gasteiger partial charge is 0.264 e. The van der Waals surface area contributed by atoms with Crippen LogP contribution in [0.2, 0.25) is 0 Å². The molecule has 0 unspecified atom stereocenters. The van der Waals surface area contributed by atoms with E-state index in [0.29, 0.717) is 21.1 Å². The first-order chi connectivity index (χ1) is 12.6. The summed E-state index contributed by atoms with van der Waals surface area (Å²) in [4.78, 5) is 16.7. The molecule has 27 heavy (non-hydrogen) atoms. The molecule has 0 fully saturated rings. The van der Waals surface area contributed by atoms with Crippen molar-refractivity contribution in [3.8, 4) is 5.75 Å². The van der Waals surface area contributed by atoms with E-state index in [0.717, 1.165) is 22.9 Å². The maximum Gasteiger partial charge on any atom is 0.264 e. The quantitative estimate of drug-likeness (QED) is 0.702. The van der Waals surface area contributed by atoms with E-state index in [9.17, 15) is 13.2 Å². The Hall–Kier alpha value is -2.45. The first-order valence-electron chi connectivity index (χ1n) is 8.24. The van der Waals surface area contributed by atoms with Crippen LogP contribution in [0.15, 0.2) is 35.2 Å². The first-order valence-corrected chi connectivity index (χ1v) is 11.0. The third-order valence-electron chi connectivity index (χ3n) is 4.16. The number of hydrogen-bond donors (Lipinski definition) is 1. The van der Waals surface area contributed by atoms with Gasteiger partial charge in [-0.2, -0.15) is 0 Å². The number of hydrogen-bond acceptors (Lipinski definition) is 6. The molecule has 6 nitrogen and oxygen atoms in total. The van der Waals surface area contributed by atoms with Crippen LogP contribution in [-0.4, -0.2) is 32.2 Å². The molecule has 0 aliphatic carbocycles. The number of benzene rings is 2. The van der Waals surface area contributed by atoms with Gasteiger partial charge in [-0.1, -0.05) is 17.4 Å². The number of carbonyl (C=O) groups is 1. The summed E-state index contributed by atoms with van der Waals surface area (Å²) in [7, 11) is -3.29. The molecule has 0 saturated heterocycles. The zero-order valence-corrected chi connectivity index (χ0v) is 17.1. The molecule has 8 heteroatoms. The van der Waals surface area contributed by atoms with Crippen LogP contribution < -0.4 is 10.1 Å². The lowest BCUT2D eigenvalue weighted by molar-refractivity contribution is -0.118. The third kappa shape index (κ3) is 4.45. The molecule has 0 aliphatic heterocycles. The zero-order valence-electron chi connectivity index (χ0n) is 15.5. The van der Waals surface area contributed by atoms with Gasteiger partial charge in [0.15, 0.2) is 21.6 Å². The molecular formula is C19H20N2O4S2. The molecule has 0 bridgehead atoms. The summed E-state index contributed by atoms with van der Waals surface area (Å²) < 4.78 is 29.7. The number of ether oxygens (including phenoxy) is 1. The van der Waals surface area contributed by atoms with Crippen molar-refractivity contribution in [2.45, 2.75) is 25.7 Å². The minimum atomic E-state index is -3.29. The molecule has 1 amide bonds. The fourth-order valence-electron chi connectivity index (χ4n) is 2.64. The SMILES string of the molecule is Cc1cc(C)c(C)c(OCC(=O)Nc2nc3ccc(S(C)(=O)=O)cc3s2)c1. The number of aromatic nitrogens is 1. The predicted molar refractivity (Wildman–Crippen MR) is 108 cm³/mol. The van der Waals surface area contributed by atoms with E-state index in [1.807, 2.05) is 26.8 Å². The molecule has 0 aliphatic rings. The van der Waals surface area contributed by atoms with E-state index in [1.54, 1.807) is 12.1 Å². The number of carbonyl (C=O) groups excluding carboxylic acids is 1. The van der Waals surface area contributed by atoms with Gasteiger partial charge in [-0.15, -0.1) is 0 Å².